The largest absolute Gasteiger partial charge is 0.458 e. The lowest BCUT2D eigenvalue weighted by Crippen LogP contribution is -2.27. The van der Waals surface area contributed by atoms with E-state index in [0.717, 1.165) is 5.56 Å². The lowest BCUT2D eigenvalue weighted by atomic mass is 9.79. The quantitative estimate of drug-likeness (QED) is 0.675. The number of benzene rings is 1. The molecule has 0 bridgehead atoms. The van der Waals surface area contributed by atoms with Crippen LogP contribution >= 0.6 is 0 Å². The number of esters is 1. The van der Waals surface area contributed by atoms with Gasteiger partial charge in [0, 0.05) is 5.92 Å². The van der Waals surface area contributed by atoms with E-state index >= 15 is 0 Å². The van der Waals surface area contributed by atoms with Gasteiger partial charge in [0.2, 0.25) is 0 Å². The number of hydrogen-bond donors (Lipinski definition) is 0. The summed E-state index contributed by atoms with van der Waals surface area (Å²) < 4.78 is 5.26. The molecule has 0 radical (unpaired) electrons. The van der Waals surface area contributed by atoms with Gasteiger partial charge in [-0.1, -0.05) is 30.3 Å². The summed E-state index contributed by atoms with van der Waals surface area (Å²) in [5.74, 6) is -1.30. The van der Waals surface area contributed by atoms with Crippen LogP contribution in [-0.4, -0.2) is 11.6 Å². The fourth-order valence-electron chi connectivity index (χ4n) is 2.31. The van der Waals surface area contributed by atoms with E-state index < -0.39 is 17.5 Å². The molecular formula is C13H13NO2. The van der Waals surface area contributed by atoms with E-state index in [2.05, 4.69) is 0 Å². The number of hydrogen-bond acceptors (Lipinski definition) is 3. The molecule has 0 aliphatic carbocycles. The van der Waals surface area contributed by atoms with Gasteiger partial charge in [-0.05, 0) is 19.4 Å². The van der Waals surface area contributed by atoms with Crippen LogP contribution < -0.4 is 0 Å². The summed E-state index contributed by atoms with van der Waals surface area (Å²) in [5.41, 5.74) is 0.364. The van der Waals surface area contributed by atoms with Crippen LogP contribution in [0.1, 0.15) is 25.3 Å². The Balaban J connectivity index is 2.46. The Bertz CT molecular complexity index is 445. The topological polar surface area (TPSA) is 50.1 Å². The third-order valence-electron chi connectivity index (χ3n) is 3.00. The molecule has 0 saturated carbocycles. The predicted molar refractivity (Wildman–Crippen MR) is 58.5 cm³/mol. The van der Waals surface area contributed by atoms with Crippen LogP contribution in [0.5, 0.6) is 0 Å². The van der Waals surface area contributed by atoms with E-state index in [0.29, 0.717) is 0 Å². The molecule has 3 nitrogen and oxygen atoms in total. The number of carbonyl (C=O) groups excluding carboxylic acids is 1. The minimum Gasteiger partial charge on any atom is -0.458 e. The molecule has 0 spiro atoms. The monoisotopic (exact) mass is 215 g/mol. The average Bonchev–Trinajstić information content (AvgIpc) is 2.48. The molecule has 1 heterocycles. The predicted octanol–water partition coefficient (Wildman–Crippen LogP) is 2.25. The van der Waals surface area contributed by atoms with Crippen LogP contribution in [-0.2, 0) is 9.53 Å². The molecule has 0 aromatic heterocycles. The molecule has 0 N–H and O–H groups in total. The van der Waals surface area contributed by atoms with Crippen molar-refractivity contribution in [2.75, 3.05) is 0 Å². The van der Waals surface area contributed by atoms with Crippen molar-refractivity contribution in [3.05, 3.63) is 35.9 Å². The molecule has 2 rings (SSSR count). The molecule has 2 unspecified atom stereocenters. The van der Waals surface area contributed by atoms with Gasteiger partial charge in [0.25, 0.3) is 0 Å². The molecule has 1 aromatic carbocycles. The van der Waals surface area contributed by atoms with Gasteiger partial charge in [-0.2, -0.15) is 5.26 Å². The molecule has 1 aromatic rings. The van der Waals surface area contributed by atoms with Crippen molar-refractivity contribution in [1.29, 1.82) is 5.26 Å². The van der Waals surface area contributed by atoms with E-state index in [1.807, 2.05) is 50.2 Å². The average molecular weight is 215 g/mol. The van der Waals surface area contributed by atoms with Gasteiger partial charge in [-0.15, -0.1) is 0 Å². The molecule has 1 fully saturated rings. The van der Waals surface area contributed by atoms with Crippen LogP contribution in [0.2, 0.25) is 0 Å². The van der Waals surface area contributed by atoms with Gasteiger partial charge >= 0.3 is 5.97 Å². The third-order valence-corrected chi connectivity index (χ3v) is 3.00. The standard InChI is InChI=1S/C13H13NO2/c1-13(2)11(9-6-4-3-5-7-9)10(8-14)12(15)16-13/h3-7,10-11H,1-2H3. The van der Waals surface area contributed by atoms with E-state index in [9.17, 15) is 4.79 Å². The molecular weight excluding hydrogens is 202 g/mol. The van der Waals surface area contributed by atoms with Crippen LogP contribution in [0, 0.1) is 17.2 Å². The maximum Gasteiger partial charge on any atom is 0.324 e. The lowest BCUT2D eigenvalue weighted by molar-refractivity contribution is -0.147. The number of ether oxygens (including phenoxy) is 1. The second-order valence-corrected chi connectivity index (χ2v) is 4.52. The fraction of sp³-hybridized carbons (Fsp3) is 0.385. The zero-order valence-corrected chi connectivity index (χ0v) is 9.31. The number of rotatable bonds is 1. The highest BCUT2D eigenvalue weighted by Gasteiger charge is 2.50. The molecule has 3 heteroatoms. The van der Waals surface area contributed by atoms with Crippen molar-refractivity contribution in [2.45, 2.75) is 25.4 Å². The lowest BCUT2D eigenvalue weighted by Gasteiger charge is -2.25. The number of carbonyl (C=O) groups is 1. The van der Waals surface area contributed by atoms with Gasteiger partial charge in [-0.25, -0.2) is 0 Å². The van der Waals surface area contributed by atoms with E-state index in [-0.39, 0.29) is 5.92 Å². The first-order valence-electron chi connectivity index (χ1n) is 5.23. The van der Waals surface area contributed by atoms with Crippen LogP contribution in [0.4, 0.5) is 0 Å². The Hall–Kier alpha value is -1.82. The highest BCUT2D eigenvalue weighted by molar-refractivity contribution is 5.80. The van der Waals surface area contributed by atoms with Crippen molar-refractivity contribution in [3.8, 4) is 6.07 Å². The molecule has 16 heavy (non-hydrogen) atoms. The molecule has 2 atom stereocenters. The Morgan fingerprint density at radius 3 is 2.50 bits per heavy atom. The van der Waals surface area contributed by atoms with Crippen LogP contribution in [0.15, 0.2) is 30.3 Å². The summed E-state index contributed by atoms with van der Waals surface area (Å²) in [7, 11) is 0. The summed E-state index contributed by atoms with van der Waals surface area (Å²) in [4.78, 5) is 11.6. The maximum atomic E-state index is 11.6. The minimum atomic E-state index is -0.697. The highest BCUT2D eigenvalue weighted by atomic mass is 16.6. The van der Waals surface area contributed by atoms with E-state index in [4.69, 9.17) is 10.00 Å². The summed E-state index contributed by atoms with van der Waals surface area (Å²) >= 11 is 0. The van der Waals surface area contributed by atoms with Crippen molar-refractivity contribution < 1.29 is 9.53 Å². The first kappa shape index (κ1) is 10.7. The van der Waals surface area contributed by atoms with Crippen molar-refractivity contribution in [3.63, 3.8) is 0 Å². The zero-order valence-electron chi connectivity index (χ0n) is 9.31. The molecule has 82 valence electrons. The molecule has 0 amide bonds. The van der Waals surface area contributed by atoms with Gasteiger partial charge in [0.1, 0.15) is 5.60 Å². The SMILES string of the molecule is CC1(C)OC(=O)C(C#N)C1c1ccccc1. The van der Waals surface area contributed by atoms with Crippen LogP contribution in [0.3, 0.4) is 0 Å². The zero-order chi connectivity index (χ0) is 11.8. The first-order chi connectivity index (χ1) is 7.56. The van der Waals surface area contributed by atoms with Gasteiger partial charge in [0.05, 0.1) is 6.07 Å². The smallest absolute Gasteiger partial charge is 0.324 e. The Morgan fingerprint density at radius 1 is 1.31 bits per heavy atom. The number of nitriles is 1. The number of nitrogens with zero attached hydrogens (tertiary/aromatic N) is 1. The summed E-state index contributed by atoms with van der Waals surface area (Å²) in [6.07, 6.45) is 0. The van der Waals surface area contributed by atoms with Crippen molar-refractivity contribution >= 4 is 5.97 Å². The Labute approximate surface area is 94.6 Å². The second-order valence-electron chi connectivity index (χ2n) is 4.52. The normalized spacial score (nSPS) is 27.2. The summed E-state index contributed by atoms with van der Waals surface area (Å²) in [6, 6.07) is 11.6. The third kappa shape index (κ3) is 1.57. The summed E-state index contributed by atoms with van der Waals surface area (Å²) in [6.45, 7) is 3.69. The highest BCUT2D eigenvalue weighted by Crippen LogP contribution is 2.43. The Morgan fingerprint density at radius 2 is 1.94 bits per heavy atom. The molecule has 1 aliphatic heterocycles. The fourth-order valence-corrected chi connectivity index (χ4v) is 2.31. The van der Waals surface area contributed by atoms with Crippen molar-refractivity contribution in [2.24, 2.45) is 5.92 Å². The van der Waals surface area contributed by atoms with Gasteiger partial charge in [-0.3, -0.25) is 4.79 Å². The van der Waals surface area contributed by atoms with E-state index in [1.54, 1.807) is 0 Å². The maximum absolute atomic E-state index is 11.6. The molecule has 1 aliphatic rings. The Kier molecular flexibility index (Phi) is 2.43. The minimum absolute atomic E-state index is 0.189. The van der Waals surface area contributed by atoms with Gasteiger partial charge < -0.3 is 4.74 Å². The van der Waals surface area contributed by atoms with Crippen LogP contribution in [0.25, 0.3) is 0 Å². The van der Waals surface area contributed by atoms with Crippen molar-refractivity contribution in [1.82, 2.24) is 0 Å². The molecule has 1 saturated heterocycles. The first-order valence-corrected chi connectivity index (χ1v) is 5.23. The van der Waals surface area contributed by atoms with Gasteiger partial charge in [0.15, 0.2) is 5.92 Å². The number of cyclic esters (lactones) is 1. The summed E-state index contributed by atoms with van der Waals surface area (Å²) in [5, 5.41) is 9.05. The second kappa shape index (κ2) is 3.64. The van der Waals surface area contributed by atoms with E-state index in [1.165, 1.54) is 0 Å².